The molecular weight excluding hydrogens is 303 g/mol. The molecular formula is C13H18Cl2N2OS. The van der Waals surface area contributed by atoms with E-state index in [4.69, 9.17) is 28.9 Å². The fourth-order valence-corrected chi connectivity index (χ4v) is 2.77. The van der Waals surface area contributed by atoms with Crippen LogP contribution in [0.3, 0.4) is 0 Å². The molecule has 1 aromatic carbocycles. The highest BCUT2D eigenvalue weighted by molar-refractivity contribution is 7.98. The molecule has 0 fully saturated rings. The first-order valence-corrected chi connectivity index (χ1v) is 8.03. The number of benzene rings is 1. The third kappa shape index (κ3) is 5.61. The number of carbonyl (C=O) groups is 1. The number of hydrogen-bond donors (Lipinski definition) is 1. The van der Waals surface area contributed by atoms with Gasteiger partial charge in [-0.25, -0.2) is 0 Å². The second-order valence-corrected chi connectivity index (χ2v) is 6.22. The van der Waals surface area contributed by atoms with Gasteiger partial charge in [-0.3, -0.25) is 4.79 Å². The van der Waals surface area contributed by atoms with Gasteiger partial charge in [0.15, 0.2) is 0 Å². The van der Waals surface area contributed by atoms with Crippen LogP contribution in [0.2, 0.25) is 10.0 Å². The lowest BCUT2D eigenvalue weighted by Gasteiger charge is -2.21. The molecule has 0 bridgehead atoms. The molecule has 0 heterocycles. The average Bonchev–Trinajstić information content (AvgIpc) is 2.33. The van der Waals surface area contributed by atoms with Crippen molar-refractivity contribution in [2.45, 2.75) is 19.0 Å². The quantitative estimate of drug-likeness (QED) is 0.876. The Hall–Kier alpha value is -0.420. The standard InChI is InChI=1S/C13H18Cl2N2OS/c1-17(13(18)12(16)3-4-19-2)8-9-5-10(14)7-11(15)6-9/h5-7,12H,3-4,8,16H2,1-2H3/t12-/m0/s1. The van der Waals surface area contributed by atoms with Crippen LogP contribution in [0.15, 0.2) is 18.2 Å². The Morgan fingerprint density at radius 2 is 1.95 bits per heavy atom. The van der Waals surface area contributed by atoms with Gasteiger partial charge in [-0.1, -0.05) is 23.2 Å². The predicted molar refractivity (Wildman–Crippen MR) is 83.9 cm³/mol. The van der Waals surface area contributed by atoms with Crippen LogP contribution in [0.4, 0.5) is 0 Å². The fourth-order valence-electron chi connectivity index (χ4n) is 1.71. The van der Waals surface area contributed by atoms with Gasteiger partial charge in [0.1, 0.15) is 0 Å². The Morgan fingerprint density at radius 1 is 1.37 bits per heavy atom. The van der Waals surface area contributed by atoms with E-state index < -0.39 is 6.04 Å². The molecule has 0 aliphatic rings. The normalized spacial score (nSPS) is 12.3. The number of nitrogens with two attached hydrogens (primary N) is 1. The molecule has 0 aliphatic heterocycles. The van der Waals surface area contributed by atoms with E-state index in [2.05, 4.69) is 0 Å². The minimum Gasteiger partial charge on any atom is -0.340 e. The number of likely N-dealkylation sites (N-methyl/N-ethyl adjacent to an activating group) is 1. The smallest absolute Gasteiger partial charge is 0.239 e. The first kappa shape index (κ1) is 16.6. The van der Waals surface area contributed by atoms with E-state index in [1.165, 1.54) is 0 Å². The summed E-state index contributed by atoms with van der Waals surface area (Å²) < 4.78 is 0. The molecule has 0 saturated heterocycles. The van der Waals surface area contributed by atoms with E-state index in [9.17, 15) is 4.79 Å². The van der Waals surface area contributed by atoms with Crippen LogP contribution in [-0.4, -0.2) is 35.9 Å². The van der Waals surface area contributed by atoms with Crippen LogP contribution >= 0.6 is 35.0 Å². The lowest BCUT2D eigenvalue weighted by atomic mass is 10.1. The zero-order chi connectivity index (χ0) is 14.4. The highest BCUT2D eigenvalue weighted by Crippen LogP contribution is 2.20. The molecule has 2 N–H and O–H groups in total. The molecule has 106 valence electrons. The third-order valence-corrected chi connectivity index (χ3v) is 3.75. The minimum absolute atomic E-state index is 0.0647. The zero-order valence-electron chi connectivity index (χ0n) is 11.0. The molecule has 0 unspecified atom stereocenters. The van der Waals surface area contributed by atoms with Crippen LogP contribution in [0.5, 0.6) is 0 Å². The molecule has 1 atom stereocenters. The molecule has 19 heavy (non-hydrogen) atoms. The summed E-state index contributed by atoms with van der Waals surface area (Å²) in [4.78, 5) is 13.7. The summed E-state index contributed by atoms with van der Waals surface area (Å²) in [6.07, 6.45) is 2.68. The largest absolute Gasteiger partial charge is 0.340 e. The van der Waals surface area contributed by atoms with E-state index in [1.807, 2.05) is 6.26 Å². The van der Waals surface area contributed by atoms with Crippen LogP contribution in [0.1, 0.15) is 12.0 Å². The summed E-state index contributed by atoms with van der Waals surface area (Å²) in [5, 5.41) is 1.13. The van der Waals surface area contributed by atoms with Crippen molar-refractivity contribution < 1.29 is 4.79 Å². The number of rotatable bonds is 6. The highest BCUT2D eigenvalue weighted by atomic mass is 35.5. The highest BCUT2D eigenvalue weighted by Gasteiger charge is 2.17. The van der Waals surface area contributed by atoms with Crippen molar-refractivity contribution in [1.29, 1.82) is 0 Å². The van der Waals surface area contributed by atoms with Crippen LogP contribution in [-0.2, 0) is 11.3 Å². The van der Waals surface area contributed by atoms with Gasteiger partial charge in [0.2, 0.25) is 5.91 Å². The Labute approximate surface area is 128 Å². The molecule has 3 nitrogen and oxygen atoms in total. The lowest BCUT2D eigenvalue weighted by molar-refractivity contribution is -0.131. The molecule has 1 rings (SSSR count). The average molecular weight is 321 g/mol. The summed E-state index contributed by atoms with van der Waals surface area (Å²) in [6, 6.07) is 4.81. The lowest BCUT2D eigenvalue weighted by Crippen LogP contribution is -2.41. The third-order valence-electron chi connectivity index (χ3n) is 2.67. The molecule has 6 heteroatoms. The van der Waals surface area contributed by atoms with Crippen molar-refractivity contribution in [2.75, 3.05) is 19.1 Å². The maximum Gasteiger partial charge on any atom is 0.239 e. The second-order valence-electron chi connectivity index (χ2n) is 4.36. The van der Waals surface area contributed by atoms with E-state index in [1.54, 1.807) is 41.9 Å². The number of hydrogen-bond acceptors (Lipinski definition) is 3. The number of amides is 1. The Balaban J connectivity index is 2.62. The maximum atomic E-state index is 12.0. The number of nitrogens with zero attached hydrogens (tertiary/aromatic N) is 1. The van der Waals surface area contributed by atoms with Gasteiger partial charge in [-0.05, 0) is 42.2 Å². The minimum atomic E-state index is -0.452. The van der Waals surface area contributed by atoms with Crippen molar-refractivity contribution in [2.24, 2.45) is 5.73 Å². The van der Waals surface area contributed by atoms with Crippen LogP contribution in [0.25, 0.3) is 0 Å². The Bertz CT molecular complexity index is 422. The van der Waals surface area contributed by atoms with E-state index in [0.717, 1.165) is 11.3 Å². The number of thioether (sulfide) groups is 1. The van der Waals surface area contributed by atoms with Crippen LogP contribution < -0.4 is 5.73 Å². The number of halogens is 2. The van der Waals surface area contributed by atoms with Crippen molar-refractivity contribution in [1.82, 2.24) is 4.90 Å². The van der Waals surface area contributed by atoms with Crippen molar-refractivity contribution in [3.05, 3.63) is 33.8 Å². The Kier molecular flexibility index (Phi) is 7.00. The first-order valence-electron chi connectivity index (χ1n) is 5.88. The molecule has 0 saturated carbocycles. The SMILES string of the molecule is CSCC[C@H](N)C(=O)N(C)Cc1cc(Cl)cc(Cl)c1. The summed E-state index contributed by atoms with van der Waals surface area (Å²) in [7, 11) is 1.73. The van der Waals surface area contributed by atoms with Gasteiger partial charge in [0.25, 0.3) is 0 Å². The summed E-state index contributed by atoms with van der Waals surface area (Å²) in [6.45, 7) is 0.450. The topological polar surface area (TPSA) is 46.3 Å². The summed E-state index contributed by atoms with van der Waals surface area (Å²) in [5.41, 5.74) is 6.75. The monoisotopic (exact) mass is 320 g/mol. The van der Waals surface area contributed by atoms with Gasteiger partial charge in [-0.15, -0.1) is 0 Å². The molecule has 1 amide bonds. The van der Waals surface area contributed by atoms with Gasteiger partial charge in [0, 0.05) is 23.6 Å². The molecule has 0 aliphatic carbocycles. The van der Waals surface area contributed by atoms with E-state index in [-0.39, 0.29) is 5.91 Å². The van der Waals surface area contributed by atoms with E-state index >= 15 is 0 Å². The van der Waals surface area contributed by atoms with Gasteiger partial charge in [0.05, 0.1) is 6.04 Å². The van der Waals surface area contributed by atoms with Gasteiger partial charge >= 0.3 is 0 Å². The zero-order valence-corrected chi connectivity index (χ0v) is 13.4. The maximum absolute atomic E-state index is 12.0. The number of carbonyl (C=O) groups excluding carboxylic acids is 1. The summed E-state index contributed by atoms with van der Waals surface area (Å²) in [5.74, 6) is 0.814. The fraction of sp³-hybridized carbons (Fsp3) is 0.462. The van der Waals surface area contributed by atoms with Gasteiger partial charge in [-0.2, -0.15) is 11.8 Å². The van der Waals surface area contributed by atoms with Crippen LogP contribution in [0, 0.1) is 0 Å². The predicted octanol–water partition coefficient (Wildman–Crippen LogP) is 3.03. The van der Waals surface area contributed by atoms with E-state index in [0.29, 0.717) is 23.0 Å². The van der Waals surface area contributed by atoms with Gasteiger partial charge < -0.3 is 10.6 Å². The second kappa shape index (κ2) is 8.00. The van der Waals surface area contributed by atoms with Crippen molar-refractivity contribution >= 4 is 40.9 Å². The van der Waals surface area contributed by atoms with Crippen molar-refractivity contribution in [3.63, 3.8) is 0 Å². The Morgan fingerprint density at radius 3 is 2.47 bits per heavy atom. The molecule has 1 aromatic rings. The molecule has 0 aromatic heterocycles. The first-order chi connectivity index (χ1) is 8.93. The van der Waals surface area contributed by atoms with Crippen molar-refractivity contribution in [3.8, 4) is 0 Å². The molecule has 0 radical (unpaired) electrons. The summed E-state index contributed by atoms with van der Waals surface area (Å²) >= 11 is 13.5. The molecule has 0 spiro atoms.